The molecule has 0 aromatic rings. The maximum atomic E-state index is 12.8. The van der Waals surface area contributed by atoms with Gasteiger partial charge in [-0.1, -0.05) is 0 Å². The summed E-state index contributed by atoms with van der Waals surface area (Å²) in [5, 5.41) is 0. The third-order valence-electron chi connectivity index (χ3n) is 3.47. The highest BCUT2D eigenvalue weighted by atomic mass is 19.4. The summed E-state index contributed by atoms with van der Waals surface area (Å²) in [5.74, 6) is -4.54. The fraction of sp³-hybridized carbons (Fsp3) is 0.900. The van der Waals surface area contributed by atoms with Crippen molar-refractivity contribution in [2.24, 2.45) is 5.41 Å². The van der Waals surface area contributed by atoms with E-state index in [0.717, 1.165) is 4.90 Å². The molecule has 98 valence electrons. The lowest BCUT2D eigenvalue weighted by atomic mass is 9.64. The molecule has 1 amide bonds. The van der Waals surface area contributed by atoms with E-state index in [0.29, 0.717) is 12.8 Å². The first-order valence-corrected chi connectivity index (χ1v) is 5.42. The predicted molar refractivity (Wildman–Crippen MR) is 48.5 cm³/mol. The Bertz CT molecular complexity index is 324. The molecule has 2 aliphatic rings. The van der Waals surface area contributed by atoms with Gasteiger partial charge in [-0.05, 0) is 12.8 Å². The van der Waals surface area contributed by atoms with E-state index < -0.39 is 36.3 Å². The molecule has 7 heteroatoms. The lowest BCUT2D eigenvalue weighted by Gasteiger charge is -2.47. The van der Waals surface area contributed by atoms with Crippen LogP contribution in [0, 0.1) is 5.41 Å². The highest BCUT2D eigenvalue weighted by Gasteiger charge is 2.74. The van der Waals surface area contributed by atoms with E-state index >= 15 is 0 Å². The van der Waals surface area contributed by atoms with Crippen LogP contribution in [-0.2, 0) is 4.79 Å². The Hall–Kier alpha value is -0.880. The molecule has 0 atom stereocenters. The third kappa shape index (κ3) is 1.89. The second-order valence-electron chi connectivity index (χ2n) is 4.79. The Morgan fingerprint density at radius 1 is 1.06 bits per heavy atom. The topological polar surface area (TPSA) is 20.3 Å². The summed E-state index contributed by atoms with van der Waals surface area (Å²) in [4.78, 5) is 12.8. The van der Waals surface area contributed by atoms with Gasteiger partial charge in [0.1, 0.15) is 0 Å². The molecule has 0 aromatic heterocycles. The van der Waals surface area contributed by atoms with Crippen molar-refractivity contribution in [3.05, 3.63) is 0 Å². The molecule has 2 nitrogen and oxygen atoms in total. The first-order valence-electron chi connectivity index (χ1n) is 5.42. The maximum Gasteiger partial charge on any atom is 0.403 e. The van der Waals surface area contributed by atoms with Crippen molar-refractivity contribution >= 4 is 5.91 Å². The van der Waals surface area contributed by atoms with Crippen LogP contribution in [0.3, 0.4) is 0 Å². The second-order valence-corrected chi connectivity index (χ2v) is 4.79. The van der Waals surface area contributed by atoms with Gasteiger partial charge < -0.3 is 4.90 Å². The van der Waals surface area contributed by atoms with E-state index in [1.807, 2.05) is 0 Å². The number of likely N-dealkylation sites (tertiary alicyclic amines) is 1. The summed E-state index contributed by atoms with van der Waals surface area (Å²) >= 11 is 0. The number of halogens is 5. The normalized spacial score (nSPS) is 26.8. The number of rotatable bonds is 1. The summed E-state index contributed by atoms with van der Waals surface area (Å²) in [7, 11) is 0. The van der Waals surface area contributed by atoms with Crippen molar-refractivity contribution in [2.75, 3.05) is 13.1 Å². The van der Waals surface area contributed by atoms with E-state index in [4.69, 9.17) is 0 Å². The second kappa shape index (κ2) is 3.55. The van der Waals surface area contributed by atoms with Crippen LogP contribution in [-0.4, -0.2) is 36.0 Å². The molecule has 0 radical (unpaired) electrons. The predicted octanol–water partition coefficient (Wildman–Crippen LogP) is 2.59. The van der Waals surface area contributed by atoms with E-state index in [-0.39, 0.29) is 13.1 Å². The molecule has 0 spiro atoms. The van der Waals surface area contributed by atoms with Gasteiger partial charge in [0.25, 0.3) is 5.92 Å². The Kier molecular flexibility index (Phi) is 2.63. The lowest BCUT2D eigenvalue weighted by Crippen LogP contribution is -2.62. The van der Waals surface area contributed by atoms with Crippen molar-refractivity contribution in [3.8, 4) is 0 Å². The van der Waals surface area contributed by atoms with Crippen molar-refractivity contribution in [3.63, 3.8) is 0 Å². The quantitative estimate of drug-likeness (QED) is 0.661. The Labute approximate surface area is 94.8 Å². The van der Waals surface area contributed by atoms with E-state index in [2.05, 4.69) is 0 Å². The number of hydrogen-bond acceptors (Lipinski definition) is 1. The van der Waals surface area contributed by atoms with Crippen LogP contribution in [0.25, 0.3) is 0 Å². The van der Waals surface area contributed by atoms with E-state index in [1.165, 1.54) is 0 Å². The molecule has 2 rings (SSSR count). The molecule has 1 saturated heterocycles. The van der Waals surface area contributed by atoms with Crippen LogP contribution in [0.2, 0.25) is 0 Å². The zero-order valence-electron chi connectivity index (χ0n) is 8.99. The molecule has 0 unspecified atom stereocenters. The van der Waals surface area contributed by atoms with Crippen molar-refractivity contribution in [1.82, 2.24) is 4.90 Å². The van der Waals surface area contributed by atoms with Gasteiger partial charge in [0.2, 0.25) is 5.91 Å². The van der Waals surface area contributed by atoms with Crippen LogP contribution < -0.4 is 0 Å². The smallest absolute Gasteiger partial charge is 0.342 e. The first kappa shape index (κ1) is 12.6. The standard InChI is InChI=1S/C10H12F5NO/c11-9(12)5-8(6-9,10(13,14)15)7(17)16-3-1-2-4-16/h1-6H2. The molecule has 17 heavy (non-hydrogen) atoms. The third-order valence-corrected chi connectivity index (χ3v) is 3.47. The number of carbonyl (C=O) groups is 1. The zero-order chi connectivity index (χ0) is 12.9. The van der Waals surface area contributed by atoms with Gasteiger partial charge in [0.15, 0.2) is 5.41 Å². The molecule has 2 fully saturated rings. The summed E-state index contributed by atoms with van der Waals surface area (Å²) in [6.45, 7) is 0.477. The summed E-state index contributed by atoms with van der Waals surface area (Å²) in [5.41, 5.74) is -2.85. The minimum absolute atomic E-state index is 0.238. The number of amides is 1. The Morgan fingerprint density at radius 2 is 1.53 bits per heavy atom. The molecule has 1 heterocycles. The Balaban J connectivity index is 2.21. The van der Waals surface area contributed by atoms with Crippen molar-refractivity contribution in [2.45, 2.75) is 37.8 Å². The van der Waals surface area contributed by atoms with Crippen molar-refractivity contribution in [1.29, 1.82) is 0 Å². The Morgan fingerprint density at radius 3 is 1.88 bits per heavy atom. The average Bonchev–Trinajstić information content (AvgIpc) is 2.62. The van der Waals surface area contributed by atoms with E-state index in [9.17, 15) is 26.7 Å². The number of nitrogens with zero attached hydrogens (tertiary/aromatic N) is 1. The van der Waals surface area contributed by atoms with Gasteiger partial charge in [-0.3, -0.25) is 4.79 Å². The fourth-order valence-corrected chi connectivity index (χ4v) is 2.53. The van der Waals surface area contributed by atoms with Gasteiger partial charge >= 0.3 is 6.18 Å². The molecular formula is C10H12F5NO. The number of alkyl halides is 5. The number of hydrogen-bond donors (Lipinski definition) is 0. The maximum absolute atomic E-state index is 12.8. The minimum Gasteiger partial charge on any atom is -0.342 e. The fourth-order valence-electron chi connectivity index (χ4n) is 2.53. The monoisotopic (exact) mass is 257 g/mol. The molecule has 1 aliphatic carbocycles. The minimum atomic E-state index is -4.89. The van der Waals surface area contributed by atoms with Gasteiger partial charge in [-0.25, -0.2) is 8.78 Å². The molecular weight excluding hydrogens is 245 g/mol. The van der Waals surface area contributed by atoms with Crippen LogP contribution in [0.4, 0.5) is 22.0 Å². The SMILES string of the molecule is O=C(N1CCCC1)C1(C(F)(F)F)CC(F)(F)C1. The summed E-state index contributed by atoms with van der Waals surface area (Å²) in [6.07, 6.45) is -6.43. The number of carbonyl (C=O) groups excluding carboxylic acids is 1. The van der Waals surface area contributed by atoms with Crippen LogP contribution in [0.1, 0.15) is 25.7 Å². The lowest BCUT2D eigenvalue weighted by molar-refractivity contribution is -0.299. The largest absolute Gasteiger partial charge is 0.403 e. The van der Waals surface area contributed by atoms with Gasteiger partial charge in [0, 0.05) is 25.9 Å². The molecule has 0 aromatic carbocycles. The van der Waals surface area contributed by atoms with Gasteiger partial charge in [0.05, 0.1) is 0 Å². The van der Waals surface area contributed by atoms with Crippen molar-refractivity contribution < 1.29 is 26.7 Å². The highest BCUT2D eigenvalue weighted by molar-refractivity contribution is 5.85. The average molecular weight is 257 g/mol. The van der Waals surface area contributed by atoms with Crippen LogP contribution >= 0.6 is 0 Å². The van der Waals surface area contributed by atoms with E-state index in [1.54, 1.807) is 0 Å². The van der Waals surface area contributed by atoms with Crippen LogP contribution in [0.15, 0.2) is 0 Å². The molecule has 1 aliphatic heterocycles. The molecule has 0 bridgehead atoms. The summed E-state index contributed by atoms with van der Waals surface area (Å²) in [6, 6.07) is 0. The first-order chi connectivity index (χ1) is 7.68. The highest BCUT2D eigenvalue weighted by Crippen LogP contribution is 2.61. The zero-order valence-corrected chi connectivity index (χ0v) is 8.99. The van der Waals surface area contributed by atoms with Gasteiger partial charge in [-0.2, -0.15) is 13.2 Å². The van der Waals surface area contributed by atoms with Crippen LogP contribution in [0.5, 0.6) is 0 Å². The summed E-state index contributed by atoms with van der Waals surface area (Å²) < 4.78 is 63.9. The molecule has 0 N–H and O–H groups in total. The molecule has 1 saturated carbocycles. The van der Waals surface area contributed by atoms with Gasteiger partial charge in [-0.15, -0.1) is 0 Å².